The van der Waals surface area contributed by atoms with Crippen LogP contribution < -0.4 is 10.2 Å². The minimum Gasteiger partial charge on any atom is -0.324 e. The summed E-state index contributed by atoms with van der Waals surface area (Å²) in [6.07, 6.45) is 0. The molecule has 154 valence electrons. The molecule has 0 aliphatic carbocycles. The lowest BCUT2D eigenvalue weighted by molar-refractivity contribution is -0.123. The van der Waals surface area contributed by atoms with Crippen LogP contribution in [0.1, 0.15) is 11.1 Å². The van der Waals surface area contributed by atoms with Crippen LogP contribution in [0.25, 0.3) is 0 Å². The summed E-state index contributed by atoms with van der Waals surface area (Å²) >= 11 is 12.2. The Morgan fingerprint density at radius 3 is 2.60 bits per heavy atom. The van der Waals surface area contributed by atoms with Gasteiger partial charge < -0.3 is 5.32 Å². The zero-order valence-corrected chi connectivity index (χ0v) is 17.6. The SMILES string of the molecule is Cc1ccc(N2C(=O)[C@@H]3[C@@H](N=NN3CC(=O)Nc3cccc(Cl)c3C)C2=O)cc1Cl. The summed E-state index contributed by atoms with van der Waals surface area (Å²) in [5.74, 6) is -1.40. The van der Waals surface area contributed by atoms with Crippen LogP contribution >= 0.6 is 23.2 Å². The molecule has 1 N–H and O–H groups in total. The Labute approximate surface area is 182 Å². The Morgan fingerprint density at radius 2 is 1.87 bits per heavy atom. The van der Waals surface area contributed by atoms with Crippen LogP contribution in [-0.4, -0.2) is 41.4 Å². The molecular weight excluding hydrogens is 429 g/mol. The third-order valence-corrected chi connectivity index (χ3v) is 5.94. The normalized spacial score (nSPS) is 20.1. The maximum Gasteiger partial charge on any atom is 0.263 e. The van der Waals surface area contributed by atoms with Crippen molar-refractivity contribution in [2.24, 2.45) is 10.3 Å². The van der Waals surface area contributed by atoms with Crippen molar-refractivity contribution in [3.8, 4) is 0 Å². The Morgan fingerprint density at radius 1 is 1.10 bits per heavy atom. The van der Waals surface area contributed by atoms with Gasteiger partial charge in [0, 0.05) is 15.7 Å². The number of halogens is 2. The van der Waals surface area contributed by atoms with Gasteiger partial charge in [0.2, 0.25) is 5.91 Å². The molecule has 0 unspecified atom stereocenters. The van der Waals surface area contributed by atoms with E-state index in [2.05, 4.69) is 15.7 Å². The average Bonchev–Trinajstić information content (AvgIpc) is 3.21. The predicted molar refractivity (Wildman–Crippen MR) is 113 cm³/mol. The summed E-state index contributed by atoms with van der Waals surface area (Å²) < 4.78 is 0. The van der Waals surface area contributed by atoms with Gasteiger partial charge in [-0.25, -0.2) is 4.90 Å². The van der Waals surface area contributed by atoms with Crippen molar-refractivity contribution in [3.63, 3.8) is 0 Å². The fraction of sp³-hybridized carbons (Fsp3) is 0.250. The maximum atomic E-state index is 13.0. The second-order valence-electron chi connectivity index (χ2n) is 7.10. The number of imide groups is 1. The van der Waals surface area contributed by atoms with Gasteiger partial charge in [0.25, 0.3) is 11.8 Å². The van der Waals surface area contributed by atoms with Crippen LogP contribution in [0.2, 0.25) is 10.0 Å². The number of aryl methyl sites for hydroxylation is 1. The van der Waals surface area contributed by atoms with Crippen LogP contribution in [0.15, 0.2) is 46.7 Å². The van der Waals surface area contributed by atoms with Crippen LogP contribution in [0, 0.1) is 13.8 Å². The Balaban J connectivity index is 1.51. The molecule has 10 heteroatoms. The molecule has 0 radical (unpaired) electrons. The minimum atomic E-state index is -0.988. The number of carbonyl (C=O) groups excluding carboxylic acids is 3. The molecule has 2 aliphatic heterocycles. The van der Waals surface area contributed by atoms with E-state index in [9.17, 15) is 14.4 Å². The number of anilines is 2. The second kappa shape index (κ2) is 7.70. The molecule has 0 aromatic heterocycles. The number of nitrogens with one attached hydrogen (secondary N) is 1. The van der Waals surface area contributed by atoms with Crippen molar-refractivity contribution >= 4 is 52.3 Å². The number of amides is 3. The van der Waals surface area contributed by atoms with E-state index in [-0.39, 0.29) is 6.54 Å². The van der Waals surface area contributed by atoms with Gasteiger partial charge >= 0.3 is 0 Å². The molecule has 30 heavy (non-hydrogen) atoms. The van der Waals surface area contributed by atoms with E-state index < -0.39 is 29.8 Å². The highest BCUT2D eigenvalue weighted by Crippen LogP contribution is 2.33. The second-order valence-corrected chi connectivity index (χ2v) is 7.91. The number of carbonyl (C=O) groups is 3. The summed E-state index contributed by atoms with van der Waals surface area (Å²) in [6, 6.07) is 8.15. The standard InChI is InChI=1S/C20H17Cl2N5O3/c1-10-6-7-12(8-14(10)22)27-19(29)17-18(20(27)30)26(25-24-17)9-16(28)23-15-5-3-4-13(21)11(15)2/h3-8,17-18H,9H2,1-2H3,(H,23,28)/t17-,18+/m1/s1. The first kappa shape index (κ1) is 20.3. The van der Waals surface area contributed by atoms with Gasteiger partial charge in [-0.15, -0.1) is 0 Å². The molecule has 2 aromatic carbocycles. The number of fused-ring (bicyclic) bond motifs is 1. The number of rotatable bonds is 4. The van der Waals surface area contributed by atoms with E-state index in [4.69, 9.17) is 23.2 Å². The van der Waals surface area contributed by atoms with Crippen molar-refractivity contribution in [2.45, 2.75) is 25.9 Å². The zero-order chi connectivity index (χ0) is 21.6. The quantitative estimate of drug-likeness (QED) is 0.727. The van der Waals surface area contributed by atoms with Crippen molar-refractivity contribution < 1.29 is 14.4 Å². The summed E-state index contributed by atoms with van der Waals surface area (Å²) in [6.45, 7) is 3.37. The van der Waals surface area contributed by atoms with Crippen molar-refractivity contribution in [2.75, 3.05) is 16.8 Å². The first-order valence-electron chi connectivity index (χ1n) is 9.14. The summed E-state index contributed by atoms with van der Waals surface area (Å²) in [5, 5.41) is 12.8. The molecule has 0 saturated carbocycles. The predicted octanol–water partition coefficient (Wildman–Crippen LogP) is 3.54. The first-order chi connectivity index (χ1) is 14.3. The van der Waals surface area contributed by atoms with Gasteiger partial charge in [0.05, 0.1) is 5.69 Å². The summed E-state index contributed by atoms with van der Waals surface area (Å²) in [4.78, 5) is 39.3. The van der Waals surface area contributed by atoms with E-state index >= 15 is 0 Å². The van der Waals surface area contributed by atoms with Crippen LogP contribution in [0.4, 0.5) is 11.4 Å². The molecule has 2 atom stereocenters. The Hall–Kier alpha value is -2.97. The number of nitrogens with zero attached hydrogens (tertiary/aromatic N) is 4. The highest BCUT2D eigenvalue weighted by Gasteiger charge is 2.55. The van der Waals surface area contributed by atoms with E-state index in [1.807, 2.05) is 6.92 Å². The highest BCUT2D eigenvalue weighted by atomic mass is 35.5. The third-order valence-electron chi connectivity index (χ3n) is 5.12. The number of hydrogen-bond donors (Lipinski definition) is 1. The molecular formula is C20H17Cl2N5O3. The molecule has 0 spiro atoms. The maximum absolute atomic E-state index is 13.0. The molecule has 2 heterocycles. The van der Waals surface area contributed by atoms with Gasteiger partial charge in [-0.1, -0.05) is 40.6 Å². The lowest BCUT2D eigenvalue weighted by atomic mass is 10.1. The smallest absolute Gasteiger partial charge is 0.263 e. The number of benzene rings is 2. The fourth-order valence-electron chi connectivity index (χ4n) is 3.41. The van der Waals surface area contributed by atoms with Crippen LogP contribution in [0.5, 0.6) is 0 Å². The number of hydrogen-bond acceptors (Lipinski definition) is 6. The molecule has 8 nitrogen and oxygen atoms in total. The fourth-order valence-corrected chi connectivity index (χ4v) is 3.76. The zero-order valence-electron chi connectivity index (χ0n) is 16.1. The molecule has 1 fully saturated rings. The van der Waals surface area contributed by atoms with Crippen molar-refractivity contribution in [3.05, 3.63) is 57.6 Å². The molecule has 2 aromatic rings. The molecule has 4 rings (SSSR count). The van der Waals surface area contributed by atoms with Crippen LogP contribution in [0.3, 0.4) is 0 Å². The van der Waals surface area contributed by atoms with Gasteiger partial charge in [0.1, 0.15) is 6.54 Å². The Kier molecular flexibility index (Phi) is 5.21. The molecule has 3 amide bonds. The molecule has 0 bridgehead atoms. The molecule has 2 aliphatic rings. The molecule has 1 saturated heterocycles. The van der Waals surface area contributed by atoms with E-state index in [1.54, 1.807) is 43.3 Å². The summed E-state index contributed by atoms with van der Waals surface area (Å²) in [7, 11) is 0. The lowest BCUT2D eigenvalue weighted by Crippen LogP contribution is -2.43. The lowest BCUT2D eigenvalue weighted by Gasteiger charge is -2.20. The summed E-state index contributed by atoms with van der Waals surface area (Å²) in [5.41, 5.74) is 2.48. The third kappa shape index (κ3) is 3.42. The van der Waals surface area contributed by atoms with E-state index in [0.717, 1.165) is 16.0 Å². The monoisotopic (exact) mass is 445 g/mol. The largest absolute Gasteiger partial charge is 0.324 e. The van der Waals surface area contributed by atoms with Gasteiger partial charge in [0.15, 0.2) is 12.1 Å². The highest BCUT2D eigenvalue weighted by molar-refractivity contribution is 6.32. The average molecular weight is 446 g/mol. The van der Waals surface area contributed by atoms with E-state index in [0.29, 0.717) is 21.4 Å². The van der Waals surface area contributed by atoms with Crippen molar-refractivity contribution in [1.82, 2.24) is 5.01 Å². The minimum absolute atomic E-state index is 0.238. The topological polar surface area (TPSA) is 94.4 Å². The van der Waals surface area contributed by atoms with Gasteiger partial charge in [-0.05, 0) is 49.2 Å². The van der Waals surface area contributed by atoms with Gasteiger partial charge in [-0.3, -0.25) is 19.4 Å². The Bertz CT molecular complexity index is 1100. The van der Waals surface area contributed by atoms with Crippen molar-refractivity contribution in [1.29, 1.82) is 0 Å². The first-order valence-corrected chi connectivity index (χ1v) is 9.90. The van der Waals surface area contributed by atoms with E-state index in [1.165, 1.54) is 5.01 Å². The van der Waals surface area contributed by atoms with Crippen LogP contribution in [-0.2, 0) is 14.4 Å². The van der Waals surface area contributed by atoms with Gasteiger partial charge in [-0.2, -0.15) is 5.11 Å².